The minimum absolute atomic E-state index is 0.214. The van der Waals surface area contributed by atoms with Crippen LogP contribution in [0, 0.1) is 0 Å². The lowest BCUT2D eigenvalue weighted by molar-refractivity contribution is 0.670. The van der Waals surface area contributed by atoms with Gasteiger partial charge in [-0.05, 0) is 63.6 Å². The van der Waals surface area contributed by atoms with Gasteiger partial charge in [-0.25, -0.2) is 9.97 Å². The van der Waals surface area contributed by atoms with Crippen LogP contribution in [0.2, 0.25) is 0 Å². The number of nitrogens with zero attached hydrogens (tertiary/aromatic N) is 2. The van der Waals surface area contributed by atoms with Crippen molar-refractivity contribution in [2.24, 2.45) is 0 Å². The Bertz CT molecular complexity index is 3080. The predicted molar refractivity (Wildman–Crippen MR) is 234 cm³/mol. The van der Waals surface area contributed by atoms with Gasteiger partial charge in [-0.2, -0.15) is 0 Å². The van der Waals surface area contributed by atoms with E-state index in [-0.39, 0.29) is 5.41 Å². The first-order valence-electron chi connectivity index (χ1n) is 19.5. The number of para-hydroxylation sites is 2. The summed E-state index contributed by atoms with van der Waals surface area (Å²) < 4.78 is 6.50. The first-order chi connectivity index (χ1) is 28.1. The molecule has 2 aromatic heterocycles. The molecule has 0 saturated carbocycles. The van der Waals surface area contributed by atoms with Crippen molar-refractivity contribution in [2.45, 2.75) is 12.3 Å². The molecule has 11 rings (SSSR count). The Morgan fingerprint density at radius 2 is 0.912 bits per heavy atom. The van der Waals surface area contributed by atoms with E-state index >= 15 is 0 Å². The van der Waals surface area contributed by atoms with Crippen molar-refractivity contribution in [1.82, 2.24) is 9.97 Å². The predicted octanol–water partition coefficient (Wildman–Crippen LogP) is 14.0. The van der Waals surface area contributed by atoms with Gasteiger partial charge in [0.2, 0.25) is 0 Å². The van der Waals surface area contributed by atoms with Gasteiger partial charge in [-0.15, -0.1) is 0 Å². The molecule has 57 heavy (non-hydrogen) atoms. The fraction of sp³-hybridized carbons (Fsp3) is 0.0370. The molecule has 0 fully saturated rings. The molecule has 0 bridgehead atoms. The summed E-state index contributed by atoms with van der Waals surface area (Å²) in [5.41, 5.74) is 17.4. The first-order valence-corrected chi connectivity index (χ1v) is 19.5. The minimum Gasteiger partial charge on any atom is -0.455 e. The molecule has 1 aliphatic rings. The smallest absolute Gasteiger partial charge is 0.160 e. The lowest BCUT2D eigenvalue weighted by Crippen LogP contribution is -2.22. The van der Waals surface area contributed by atoms with Crippen LogP contribution >= 0.6 is 0 Å². The number of rotatable bonds is 6. The van der Waals surface area contributed by atoms with Gasteiger partial charge >= 0.3 is 0 Å². The van der Waals surface area contributed by atoms with E-state index in [1.165, 1.54) is 33.4 Å². The van der Waals surface area contributed by atoms with E-state index in [4.69, 9.17) is 14.4 Å². The summed E-state index contributed by atoms with van der Waals surface area (Å²) in [5, 5.41) is 2.21. The number of benzene rings is 8. The maximum Gasteiger partial charge on any atom is 0.160 e. The summed E-state index contributed by atoms with van der Waals surface area (Å²) in [6.45, 7) is 2.36. The second kappa shape index (κ2) is 13.1. The molecule has 0 atom stereocenters. The summed E-state index contributed by atoms with van der Waals surface area (Å²) in [4.78, 5) is 10.4. The van der Waals surface area contributed by atoms with E-state index in [1.54, 1.807) is 0 Å². The summed E-state index contributed by atoms with van der Waals surface area (Å²) in [6.07, 6.45) is 0. The zero-order valence-corrected chi connectivity index (χ0v) is 31.4. The Labute approximate surface area is 331 Å². The van der Waals surface area contributed by atoms with Gasteiger partial charge in [0, 0.05) is 38.4 Å². The Balaban J connectivity index is 0.975. The van der Waals surface area contributed by atoms with Gasteiger partial charge in [0.25, 0.3) is 0 Å². The van der Waals surface area contributed by atoms with Crippen LogP contribution < -0.4 is 0 Å². The molecule has 3 nitrogen and oxygen atoms in total. The molecule has 0 radical (unpaired) electrons. The van der Waals surface area contributed by atoms with Crippen molar-refractivity contribution >= 4 is 21.9 Å². The molecule has 8 aromatic carbocycles. The highest BCUT2D eigenvalue weighted by molar-refractivity contribution is 6.10. The van der Waals surface area contributed by atoms with Gasteiger partial charge in [-0.1, -0.05) is 188 Å². The number of hydrogen-bond acceptors (Lipinski definition) is 3. The van der Waals surface area contributed by atoms with Crippen molar-refractivity contribution in [3.8, 4) is 67.3 Å². The fourth-order valence-electron chi connectivity index (χ4n) is 8.94. The topological polar surface area (TPSA) is 38.9 Å². The van der Waals surface area contributed by atoms with Crippen LogP contribution in [0.4, 0.5) is 0 Å². The Kier molecular flexibility index (Phi) is 7.61. The molecule has 1 aliphatic carbocycles. The highest BCUT2D eigenvalue weighted by atomic mass is 16.3. The molecule has 0 saturated heterocycles. The third-order valence-corrected chi connectivity index (χ3v) is 11.9. The Morgan fingerprint density at radius 1 is 0.386 bits per heavy atom. The van der Waals surface area contributed by atoms with Crippen LogP contribution in [-0.4, -0.2) is 9.97 Å². The lowest BCUT2D eigenvalue weighted by Gasteiger charge is -2.28. The van der Waals surface area contributed by atoms with Gasteiger partial charge < -0.3 is 4.42 Å². The molecule has 3 heteroatoms. The monoisotopic (exact) mass is 728 g/mol. The van der Waals surface area contributed by atoms with Crippen molar-refractivity contribution < 1.29 is 4.42 Å². The molecule has 0 unspecified atom stereocenters. The normalized spacial score (nSPS) is 12.8. The van der Waals surface area contributed by atoms with Gasteiger partial charge in [-0.3, -0.25) is 0 Å². The zero-order valence-electron chi connectivity index (χ0n) is 31.4. The summed E-state index contributed by atoms with van der Waals surface area (Å²) >= 11 is 0. The Morgan fingerprint density at radius 3 is 1.63 bits per heavy atom. The Hall–Kier alpha value is -7.36. The average Bonchev–Trinajstić information content (AvgIpc) is 3.80. The highest BCUT2D eigenvalue weighted by Gasteiger charge is 2.40. The molecule has 10 aromatic rings. The van der Waals surface area contributed by atoms with Crippen LogP contribution in [0.25, 0.3) is 89.2 Å². The van der Waals surface area contributed by atoms with Crippen molar-refractivity contribution in [3.63, 3.8) is 0 Å². The SMILES string of the molecule is CC1(c2ccc(-c3ccc(-c4cc(-c5ccccc5-c5cccc6c5oc5ccccc56)nc(-c5ccccc5)n4)cc3)cc2)c2ccccc2-c2ccccc21. The number of fused-ring (bicyclic) bond motifs is 6. The first kappa shape index (κ1) is 33.0. The van der Waals surface area contributed by atoms with E-state index < -0.39 is 0 Å². The second-order valence-corrected chi connectivity index (χ2v) is 15.0. The highest BCUT2D eigenvalue weighted by Crippen LogP contribution is 2.52. The summed E-state index contributed by atoms with van der Waals surface area (Å²) in [5.74, 6) is 0.683. The molecule has 0 N–H and O–H groups in total. The van der Waals surface area contributed by atoms with Crippen molar-refractivity contribution in [1.29, 1.82) is 0 Å². The van der Waals surface area contributed by atoms with E-state index in [0.717, 1.165) is 66.7 Å². The van der Waals surface area contributed by atoms with Crippen molar-refractivity contribution in [3.05, 3.63) is 217 Å². The summed E-state index contributed by atoms with van der Waals surface area (Å²) in [6, 6.07) is 71.0. The third kappa shape index (κ3) is 5.35. The largest absolute Gasteiger partial charge is 0.455 e. The maximum atomic E-state index is 6.50. The molecular formula is C54H36N2O. The average molecular weight is 729 g/mol. The molecule has 0 amide bonds. The number of aromatic nitrogens is 2. The van der Waals surface area contributed by atoms with E-state index in [1.807, 2.05) is 30.3 Å². The zero-order chi connectivity index (χ0) is 37.9. The molecular weight excluding hydrogens is 693 g/mol. The standard InChI is InChI=1S/C54H36N2O/c1-54(47-23-10-7-17-41(47)42-18-8-11-24-48(42)54)39-32-30-36(31-33-39)35-26-28-37(29-27-35)49-34-50(56-53(55-49)38-14-3-2-4-15-38)43-19-6-5-16-40(43)45-21-13-22-46-44-20-9-12-25-51(44)57-52(45)46/h2-34H,1H3. The molecule has 0 aliphatic heterocycles. The number of furan rings is 1. The van der Waals surface area contributed by atoms with Crippen LogP contribution in [0.1, 0.15) is 23.6 Å². The van der Waals surface area contributed by atoms with Crippen LogP contribution in [0.15, 0.2) is 205 Å². The summed E-state index contributed by atoms with van der Waals surface area (Å²) in [7, 11) is 0. The van der Waals surface area contributed by atoms with Crippen molar-refractivity contribution in [2.75, 3.05) is 0 Å². The van der Waals surface area contributed by atoms with Gasteiger partial charge in [0.1, 0.15) is 11.2 Å². The molecule has 268 valence electrons. The number of hydrogen-bond donors (Lipinski definition) is 0. The van der Waals surface area contributed by atoms with E-state index in [0.29, 0.717) is 5.82 Å². The van der Waals surface area contributed by atoms with Gasteiger partial charge in [0.05, 0.1) is 11.4 Å². The van der Waals surface area contributed by atoms with Crippen LogP contribution in [0.5, 0.6) is 0 Å². The maximum absolute atomic E-state index is 6.50. The fourth-order valence-corrected chi connectivity index (χ4v) is 8.94. The minimum atomic E-state index is -0.214. The van der Waals surface area contributed by atoms with Gasteiger partial charge in [0.15, 0.2) is 5.82 Å². The molecule has 0 spiro atoms. The van der Waals surface area contributed by atoms with Crippen LogP contribution in [-0.2, 0) is 5.41 Å². The van der Waals surface area contributed by atoms with Crippen LogP contribution in [0.3, 0.4) is 0 Å². The second-order valence-electron chi connectivity index (χ2n) is 15.0. The third-order valence-electron chi connectivity index (χ3n) is 11.9. The van der Waals surface area contributed by atoms with E-state index in [9.17, 15) is 0 Å². The lowest BCUT2D eigenvalue weighted by atomic mass is 9.74. The molecule has 2 heterocycles. The quantitative estimate of drug-likeness (QED) is 0.171. The van der Waals surface area contributed by atoms with E-state index in [2.05, 4.69) is 177 Å².